The molecule has 266 valence electrons. The maximum Gasteiger partial charge on any atom is 0.346 e. The number of hydrogen-bond donors (Lipinski definition) is 0. The van der Waals surface area contributed by atoms with E-state index in [4.69, 9.17) is 28.4 Å². The van der Waals surface area contributed by atoms with Gasteiger partial charge in [-0.1, -0.05) is 45.6 Å². The number of allylic oxidation sites excluding steroid dienone is 2. The molecule has 8 unspecified atom stereocenters. The third kappa shape index (κ3) is 8.64. The number of hydrogen-bond acceptors (Lipinski definition) is 13. The Morgan fingerprint density at radius 1 is 0.837 bits per heavy atom. The average Bonchev–Trinajstić information content (AvgIpc) is 3.57. The van der Waals surface area contributed by atoms with Crippen LogP contribution in [-0.2, 0) is 62.0 Å². The van der Waals surface area contributed by atoms with Crippen molar-refractivity contribution in [2.75, 3.05) is 0 Å². The topological polar surface area (TPSA) is 175 Å². The summed E-state index contributed by atoms with van der Waals surface area (Å²) in [6.45, 7) is 16.1. The van der Waals surface area contributed by atoms with Crippen molar-refractivity contribution in [1.29, 1.82) is 0 Å². The van der Waals surface area contributed by atoms with E-state index in [1.807, 2.05) is 0 Å². The summed E-state index contributed by atoms with van der Waals surface area (Å²) in [6, 6.07) is 0. The molecule has 3 aliphatic rings. The smallest absolute Gasteiger partial charge is 0.346 e. The normalized spacial score (nSPS) is 32.1. The molecule has 3 rings (SSSR count). The number of rotatable bonds is 7. The third-order valence-electron chi connectivity index (χ3n) is 8.75. The zero-order valence-corrected chi connectivity index (χ0v) is 29.3. The Hall–Kier alpha value is -4.77. The molecule has 0 aromatic rings. The van der Waals surface area contributed by atoms with Gasteiger partial charge in [-0.25, -0.2) is 4.79 Å². The molecular weight excluding hydrogens is 640 g/mol. The van der Waals surface area contributed by atoms with Crippen LogP contribution in [0.3, 0.4) is 0 Å². The molecule has 13 heteroatoms. The Balaban J connectivity index is 2.41. The van der Waals surface area contributed by atoms with Gasteiger partial charge in [0, 0.05) is 64.4 Å². The first-order chi connectivity index (χ1) is 22.6. The second-order valence-electron chi connectivity index (χ2n) is 13.4. The fourth-order valence-electron chi connectivity index (χ4n) is 6.77. The maximum atomic E-state index is 14.8. The molecule has 0 aromatic heterocycles. The van der Waals surface area contributed by atoms with Crippen molar-refractivity contribution < 1.29 is 62.0 Å². The van der Waals surface area contributed by atoms with Crippen LogP contribution in [0.2, 0.25) is 0 Å². The summed E-state index contributed by atoms with van der Waals surface area (Å²) < 4.78 is 34.9. The third-order valence-corrected chi connectivity index (χ3v) is 8.75. The molecule has 8 atom stereocenters. The number of carbonyl (C=O) groups is 7. The summed E-state index contributed by atoms with van der Waals surface area (Å²) in [5.41, 5.74) is -2.25. The standard InChI is InChI=1S/C36H44O13/c1-19-15-16-34(8,9)28(47-33(43)26-13-11-12-14-26)17-27(44-21(3)37)20(2)30(45-22(4)38)29-32(46-23(5)39)35(10,48-24(6)40)18-36(29,31(19)42)49-25(7)41/h11-13,15-16,19,27-30,32H,2,17-18H2,1,3-10H3. The van der Waals surface area contributed by atoms with Gasteiger partial charge < -0.3 is 28.4 Å². The number of Topliss-reactive ketones (excluding diaryl/α,β-unsaturated/α-hetero) is 1. The summed E-state index contributed by atoms with van der Waals surface area (Å²) in [4.78, 5) is 91.2. The second kappa shape index (κ2) is 14.8. The number of fused-ring (bicyclic) bond motifs is 1. The van der Waals surface area contributed by atoms with E-state index in [2.05, 4.69) is 12.3 Å². The Kier molecular flexibility index (Phi) is 11.7. The van der Waals surface area contributed by atoms with E-state index in [1.165, 1.54) is 13.0 Å². The summed E-state index contributed by atoms with van der Waals surface area (Å²) in [7, 11) is 0. The number of esters is 6. The van der Waals surface area contributed by atoms with Crippen LogP contribution in [0, 0.1) is 17.3 Å². The lowest BCUT2D eigenvalue weighted by molar-refractivity contribution is -0.190. The van der Waals surface area contributed by atoms with E-state index < -0.39 is 101 Å². The zero-order valence-electron chi connectivity index (χ0n) is 29.3. The second-order valence-corrected chi connectivity index (χ2v) is 13.4. The maximum absolute atomic E-state index is 14.8. The SMILES string of the molecule is C=C1C(OC(C)=O)CC(OC(=O)C2=C=CC=C2)C(C)(C)C=CC(C)C(=O)C2(OC(C)=O)CC(C)(OC(C)=O)C(OC(C)=O)C2C1OC(C)=O. The van der Waals surface area contributed by atoms with Crippen molar-refractivity contribution >= 4 is 41.6 Å². The molecule has 13 nitrogen and oxygen atoms in total. The highest BCUT2D eigenvalue weighted by Crippen LogP contribution is 2.54. The van der Waals surface area contributed by atoms with Gasteiger partial charge >= 0.3 is 35.8 Å². The number of ketones is 1. The average molecular weight is 685 g/mol. The van der Waals surface area contributed by atoms with Crippen LogP contribution in [0.1, 0.15) is 75.2 Å². The van der Waals surface area contributed by atoms with E-state index in [0.717, 1.165) is 34.6 Å². The quantitative estimate of drug-likeness (QED) is 0.164. The molecule has 1 saturated carbocycles. The van der Waals surface area contributed by atoms with Crippen molar-refractivity contribution in [3.8, 4) is 0 Å². The highest BCUT2D eigenvalue weighted by Gasteiger charge is 2.71. The highest BCUT2D eigenvalue weighted by molar-refractivity contribution is 5.94. The van der Waals surface area contributed by atoms with Crippen molar-refractivity contribution in [3.05, 3.63) is 53.8 Å². The minimum absolute atomic E-state index is 0.113. The summed E-state index contributed by atoms with van der Waals surface area (Å²) in [5.74, 6) is -8.23. The predicted octanol–water partition coefficient (Wildman–Crippen LogP) is 3.74. The molecule has 3 aliphatic carbocycles. The molecule has 0 N–H and O–H groups in total. The molecule has 0 aliphatic heterocycles. The van der Waals surface area contributed by atoms with Crippen LogP contribution < -0.4 is 0 Å². The van der Waals surface area contributed by atoms with Crippen LogP contribution in [0.5, 0.6) is 0 Å². The summed E-state index contributed by atoms with van der Waals surface area (Å²) >= 11 is 0. The van der Waals surface area contributed by atoms with Crippen molar-refractivity contribution in [2.45, 2.75) is 111 Å². The van der Waals surface area contributed by atoms with Crippen LogP contribution >= 0.6 is 0 Å². The van der Waals surface area contributed by atoms with Crippen LogP contribution in [0.4, 0.5) is 0 Å². The fourth-order valence-corrected chi connectivity index (χ4v) is 6.77. The predicted molar refractivity (Wildman–Crippen MR) is 171 cm³/mol. The Morgan fingerprint density at radius 2 is 1.43 bits per heavy atom. The minimum atomic E-state index is -2.24. The molecule has 0 heterocycles. The van der Waals surface area contributed by atoms with Crippen molar-refractivity contribution in [1.82, 2.24) is 0 Å². The molecule has 0 radical (unpaired) electrons. The van der Waals surface area contributed by atoms with Crippen LogP contribution in [-0.4, -0.2) is 77.2 Å². The molecule has 0 saturated heterocycles. The fraction of sp³-hybridized carbons (Fsp3) is 0.556. The van der Waals surface area contributed by atoms with Gasteiger partial charge in [0.25, 0.3) is 0 Å². The van der Waals surface area contributed by atoms with Gasteiger partial charge in [-0.2, -0.15) is 0 Å². The van der Waals surface area contributed by atoms with E-state index >= 15 is 0 Å². The van der Waals surface area contributed by atoms with Gasteiger partial charge in [0.2, 0.25) is 0 Å². The van der Waals surface area contributed by atoms with E-state index in [1.54, 1.807) is 45.1 Å². The van der Waals surface area contributed by atoms with Gasteiger partial charge in [-0.05, 0) is 19.1 Å². The lowest BCUT2D eigenvalue weighted by Crippen LogP contribution is -2.57. The largest absolute Gasteiger partial charge is 0.458 e. The first-order valence-corrected chi connectivity index (χ1v) is 15.8. The summed E-state index contributed by atoms with van der Waals surface area (Å²) in [6.07, 6.45) is 1.56. The van der Waals surface area contributed by atoms with E-state index in [0.29, 0.717) is 0 Å². The number of ether oxygens (including phenoxy) is 6. The number of carbonyl (C=O) groups excluding carboxylic acids is 7. The Labute approximate surface area is 285 Å². The molecule has 0 spiro atoms. The van der Waals surface area contributed by atoms with Crippen LogP contribution in [0.15, 0.2) is 53.8 Å². The lowest BCUT2D eigenvalue weighted by atomic mass is 9.72. The molecule has 0 amide bonds. The first kappa shape index (κ1) is 38.7. The first-order valence-electron chi connectivity index (χ1n) is 15.8. The van der Waals surface area contributed by atoms with Crippen molar-refractivity contribution in [2.24, 2.45) is 17.3 Å². The lowest BCUT2D eigenvalue weighted by Gasteiger charge is -2.42. The van der Waals surface area contributed by atoms with Gasteiger partial charge in [0.1, 0.15) is 23.9 Å². The van der Waals surface area contributed by atoms with E-state index in [-0.39, 0.29) is 17.6 Å². The monoisotopic (exact) mass is 684 g/mol. The molecule has 0 aromatic carbocycles. The highest BCUT2D eigenvalue weighted by atomic mass is 16.6. The van der Waals surface area contributed by atoms with Gasteiger partial charge in [-0.15, -0.1) is 5.73 Å². The van der Waals surface area contributed by atoms with E-state index in [9.17, 15) is 33.6 Å². The summed E-state index contributed by atoms with van der Waals surface area (Å²) in [5, 5.41) is 0. The van der Waals surface area contributed by atoms with Gasteiger partial charge in [0.05, 0.1) is 5.92 Å². The molecule has 0 bridgehead atoms. The molecule has 1 fully saturated rings. The Bertz CT molecular complexity index is 1560. The van der Waals surface area contributed by atoms with Gasteiger partial charge in [0.15, 0.2) is 23.1 Å². The Morgan fingerprint density at radius 3 is 1.94 bits per heavy atom. The van der Waals surface area contributed by atoms with Crippen LogP contribution in [0.25, 0.3) is 0 Å². The van der Waals surface area contributed by atoms with Gasteiger partial charge in [-0.3, -0.25) is 28.8 Å². The minimum Gasteiger partial charge on any atom is -0.458 e. The van der Waals surface area contributed by atoms with Crippen molar-refractivity contribution in [3.63, 3.8) is 0 Å². The molecule has 49 heavy (non-hydrogen) atoms. The molecular formula is C36H44O13. The zero-order chi connectivity index (χ0) is 37.1.